The number of rotatable bonds is 3. The van der Waals surface area contributed by atoms with Gasteiger partial charge in [0.05, 0.1) is 11.8 Å². The van der Waals surface area contributed by atoms with E-state index in [0.717, 1.165) is 5.56 Å². The van der Waals surface area contributed by atoms with Crippen LogP contribution in [0.1, 0.15) is 42.3 Å². The first kappa shape index (κ1) is 13.9. The minimum atomic E-state index is -0.0257. The van der Waals surface area contributed by atoms with Crippen molar-refractivity contribution in [2.75, 3.05) is 0 Å². The van der Waals surface area contributed by atoms with Gasteiger partial charge in [-0.05, 0) is 34.2 Å². The van der Waals surface area contributed by atoms with Crippen LogP contribution in [0.15, 0.2) is 41.0 Å². The van der Waals surface area contributed by atoms with Crippen molar-refractivity contribution in [3.05, 3.63) is 58.5 Å². The highest BCUT2D eigenvalue weighted by atomic mass is 35.5. The average molecular weight is 277 g/mol. The Hall–Kier alpha value is -1.54. The molecule has 0 saturated carbocycles. The fourth-order valence-corrected chi connectivity index (χ4v) is 2.12. The summed E-state index contributed by atoms with van der Waals surface area (Å²) in [4.78, 5) is 12.0. The molecule has 0 fully saturated rings. The summed E-state index contributed by atoms with van der Waals surface area (Å²) in [5.41, 5.74) is 2.80. The van der Waals surface area contributed by atoms with Gasteiger partial charge in [0.15, 0.2) is 5.78 Å². The molecule has 1 heterocycles. The molecule has 3 heteroatoms. The molecule has 0 unspecified atom stereocenters. The molecular formula is C16H17ClO2. The molecule has 0 atom stereocenters. The zero-order chi connectivity index (χ0) is 14.0. The second kappa shape index (κ2) is 5.22. The topological polar surface area (TPSA) is 30.2 Å². The third-order valence-electron chi connectivity index (χ3n) is 3.10. The van der Waals surface area contributed by atoms with Gasteiger partial charge in [0.1, 0.15) is 0 Å². The van der Waals surface area contributed by atoms with Crippen LogP contribution in [0.4, 0.5) is 0 Å². The van der Waals surface area contributed by atoms with E-state index in [9.17, 15) is 4.79 Å². The fraction of sp³-hybridized carbons (Fsp3) is 0.312. The van der Waals surface area contributed by atoms with E-state index in [0.29, 0.717) is 12.0 Å². The molecule has 0 aliphatic rings. The maximum absolute atomic E-state index is 12.0. The standard InChI is InChI=1S/C16H17ClO2/c1-16(2,3)12-6-4-11(5-7-12)10-14(18)13-8-9-19-15(13)17/h4-9H,10H2,1-3H3. The van der Waals surface area contributed by atoms with Crippen LogP contribution in [0, 0.1) is 0 Å². The minimum absolute atomic E-state index is 0.0257. The Morgan fingerprint density at radius 3 is 2.26 bits per heavy atom. The number of hydrogen-bond acceptors (Lipinski definition) is 2. The third-order valence-corrected chi connectivity index (χ3v) is 3.40. The van der Waals surface area contributed by atoms with E-state index < -0.39 is 0 Å². The molecular weight excluding hydrogens is 260 g/mol. The number of Topliss-reactive ketones (excluding diaryl/α,β-unsaturated/α-hetero) is 1. The van der Waals surface area contributed by atoms with E-state index in [4.69, 9.17) is 16.0 Å². The van der Waals surface area contributed by atoms with Gasteiger partial charge in [0.2, 0.25) is 5.22 Å². The number of carbonyl (C=O) groups is 1. The second-order valence-electron chi connectivity index (χ2n) is 5.65. The molecule has 0 radical (unpaired) electrons. The molecule has 0 spiro atoms. The van der Waals surface area contributed by atoms with Crippen molar-refractivity contribution in [1.82, 2.24) is 0 Å². The largest absolute Gasteiger partial charge is 0.452 e. The number of furan rings is 1. The summed E-state index contributed by atoms with van der Waals surface area (Å²) in [6.07, 6.45) is 1.77. The summed E-state index contributed by atoms with van der Waals surface area (Å²) in [6, 6.07) is 9.73. The molecule has 0 N–H and O–H groups in total. The first-order valence-corrected chi connectivity index (χ1v) is 6.61. The molecule has 2 nitrogen and oxygen atoms in total. The van der Waals surface area contributed by atoms with Crippen LogP contribution in [0.25, 0.3) is 0 Å². The summed E-state index contributed by atoms with van der Waals surface area (Å²) in [5, 5.41) is 0.163. The van der Waals surface area contributed by atoms with Gasteiger partial charge < -0.3 is 4.42 Å². The average Bonchev–Trinajstić information content (AvgIpc) is 2.75. The number of benzene rings is 1. The van der Waals surface area contributed by atoms with Gasteiger partial charge in [-0.25, -0.2) is 0 Å². The molecule has 100 valence electrons. The van der Waals surface area contributed by atoms with Gasteiger partial charge >= 0.3 is 0 Å². The van der Waals surface area contributed by atoms with Crippen molar-refractivity contribution >= 4 is 17.4 Å². The molecule has 0 aliphatic heterocycles. The van der Waals surface area contributed by atoms with Gasteiger partial charge in [-0.3, -0.25) is 4.79 Å². The van der Waals surface area contributed by atoms with E-state index in [1.807, 2.05) is 12.1 Å². The molecule has 0 bridgehead atoms. The highest BCUT2D eigenvalue weighted by Gasteiger charge is 2.15. The van der Waals surface area contributed by atoms with Crippen LogP contribution in [0.5, 0.6) is 0 Å². The lowest BCUT2D eigenvalue weighted by Gasteiger charge is -2.19. The zero-order valence-electron chi connectivity index (χ0n) is 11.4. The first-order chi connectivity index (χ1) is 8.88. The van der Waals surface area contributed by atoms with Crippen molar-refractivity contribution in [3.8, 4) is 0 Å². The van der Waals surface area contributed by atoms with Crippen LogP contribution in [-0.4, -0.2) is 5.78 Å². The molecule has 0 amide bonds. The summed E-state index contributed by atoms with van der Waals surface area (Å²) >= 11 is 5.80. The van der Waals surface area contributed by atoms with E-state index in [1.165, 1.54) is 11.8 Å². The molecule has 0 aliphatic carbocycles. The lowest BCUT2D eigenvalue weighted by molar-refractivity contribution is 0.0992. The molecule has 0 saturated heterocycles. The van der Waals surface area contributed by atoms with Gasteiger partial charge in [-0.2, -0.15) is 0 Å². The number of hydrogen-bond donors (Lipinski definition) is 0. The Bertz CT molecular complexity index is 574. The monoisotopic (exact) mass is 276 g/mol. The van der Waals surface area contributed by atoms with E-state index in [2.05, 4.69) is 32.9 Å². The summed E-state index contributed by atoms with van der Waals surface area (Å²) < 4.78 is 4.93. The lowest BCUT2D eigenvalue weighted by atomic mass is 9.86. The molecule has 2 aromatic rings. The van der Waals surface area contributed by atoms with Crippen molar-refractivity contribution in [2.24, 2.45) is 0 Å². The Balaban J connectivity index is 2.12. The summed E-state index contributed by atoms with van der Waals surface area (Å²) in [7, 11) is 0. The minimum Gasteiger partial charge on any atom is -0.452 e. The van der Waals surface area contributed by atoms with Crippen LogP contribution < -0.4 is 0 Å². The SMILES string of the molecule is CC(C)(C)c1ccc(CC(=O)c2ccoc2Cl)cc1. The Labute approximate surface area is 118 Å². The van der Waals surface area contributed by atoms with Gasteiger partial charge in [0, 0.05) is 6.42 Å². The van der Waals surface area contributed by atoms with Gasteiger partial charge in [-0.15, -0.1) is 0 Å². The number of ketones is 1. The molecule has 19 heavy (non-hydrogen) atoms. The highest BCUT2D eigenvalue weighted by molar-refractivity contribution is 6.32. The third kappa shape index (κ3) is 3.27. The second-order valence-corrected chi connectivity index (χ2v) is 6.00. The smallest absolute Gasteiger partial charge is 0.203 e. The molecule has 1 aromatic heterocycles. The zero-order valence-corrected chi connectivity index (χ0v) is 12.1. The van der Waals surface area contributed by atoms with Crippen molar-refractivity contribution in [1.29, 1.82) is 0 Å². The lowest BCUT2D eigenvalue weighted by Crippen LogP contribution is -2.11. The maximum Gasteiger partial charge on any atom is 0.203 e. The summed E-state index contributed by atoms with van der Waals surface area (Å²) in [6.45, 7) is 6.50. The number of halogens is 1. The van der Waals surface area contributed by atoms with E-state index >= 15 is 0 Å². The van der Waals surface area contributed by atoms with E-state index in [-0.39, 0.29) is 16.4 Å². The highest BCUT2D eigenvalue weighted by Crippen LogP contribution is 2.23. The van der Waals surface area contributed by atoms with Crippen LogP contribution >= 0.6 is 11.6 Å². The van der Waals surface area contributed by atoms with Gasteiger partial charge in [0.25, 0.3) is 0 Å². The van der Waals surface area contributed by atoms with Crippen LogP contribution in [-0.2, 0) is 11.8 Å². The van der Waals surface area contributed by atoms with E-state index in [1.54, 1.807) is 6.07 Å². The van der Waals surface area contributed by atoms with Crippen LogP contribution in [0.3, 0.4) is 0 Å². The van der Waals surface area contributed by atoms with Crippen LogP contribution in [0.2, 0.25) is 5.22 Å². The predicted octanol–water partition coefficient (Wildman–Crippen LogP) is 4.66. The fourth-order valence-electron chi connectivity index (χ4n) is 1.90. The van der Waals surface area contributed by atoms with Gasteiger partial charge in [-0.1, -0.05) is 45.0 Å². The summed E-state index contributed by atoms with van der Waals surface area (Å²) in [5.74, 6) is -0.0257. The first-order valence-electron chi connectivity index (χ1n) is 6.23. The quantitative estimate of drug-likeness (QED) is 0.764. The van der Waals surface area contributed by atoms with Crippen molar-refractivity contribution < 1.29 is 9.21 Å². The van der Waals surface area contributed by atoms with Crippen molar-refractivity contribution in [2.45, 2.75) is 32.6 Å². The Morgan fingerprint density at radius 1 is 1.16 bits per heavy atom. The number of carbonyl (C=O) groups excluding carboxylic acids is 1. The Morgan fingerprint density at radius 2 is 1.79 bits per heavy atom. The molecule has 2 rings (SSSR count). The molecule has 1 aromatic carbocycles. The Kier molecular flexibility index (Phi) is 3.81. The maximum atomic E-state index is 12.0. The van der Waals surface area contributed by atoms with Crippen molar-refractivity contribution in [3.63, 3.8) is 0 Å². The predicted molar refractivity (Wildman–Crippen MR) is 76.9 cm³/mol. The normalized spacial score (nSPS) is 11.6.